The third-order valence-electron chi connectivity index (χ3n) is 4.19. The molecular formula is C20H24FN3O4S. The van der Waals surface area contributed by atoms with Gasteiger partial charge >= 0.3 is 0 Å². The third kappa shape index (κ3) is 5.77. The number of benzene rings is 2. The Morgan fingerprint density at radius 3 is 2.45 bits per heavy atom. The lowest BCUT2D eigenvalue weighted by Gasteiger charge is -2.20. The van der Waals surface area contributed by atoms with E-state index in [2.05, 4.69) is 10.0 Å². The van der Waals surface area contributed by atoms with E-state index in [-0.39, 0.29) is 28.6 Å². The van der Waals surface area contributed by atoms with Gasteiger partial charge < -0.3 is 10.2 Å². The Bertz CT molecular complexity index is 1010. The number of carbonyl (C=O) groups excluding carboxylic acids is 2. The molecule has 2 aromatic rings. The Hall–Kier alpha value is -2.94. The summed E-state index contributed by atoms with van der Waals surface area (Å²) in [6.45, 7) is 5.74. The number of rotatable bonds is 8. The molecule has 29 heavy (non-hydrogen) atoms. The second kappa shape index (κ2) is 9.51. The van der Waals surface area contributed by atoms with Crippen molar-refractivity contribution >= 4 is 27.5 Å². The molecule has 0 atom stereocenters. The second-order valence-corrected chi connectivity index (χ2v) is 8.05. The quantitative estimate of drug-likeness (QED) is 0.685. The van der Waals surface area contributed by atoms with Gasteiger partial charge in [-0.1, -0.05) is 12.1 Å². The number of halogens is 1. The van der Waals surface area contributed by atoms with Crippen LogP contribution in [0.2, 0.25) is 0 Å². The average molecular weight is 421 g/mol. The summed E-state index contributed by atoms with van der Waals surface area (Å²) in [4.78, 5) is 25.6. The van der Waals surface area contributed by atoms with Crippen molar-refractivity contribution in [3.8, 4) is 0 Å². The van der Waals surface area contributed by atoms with Crippen molar-refractivity contribution in [2.24, 2.45) is 0 Å². The van der Waals surface area contributed by atoms with Crippen molar-refractivity contribution in [1.82, 2.24) is 10.2 Å². The molecule has 0 fully saturated rings. The molecule has 0 unspecified atom stereocenters. The molecule has 0 aliphatic carbocycles. The molecule has 0 aromatic heterocycles. The van der Waals surface area contributed by atoms with E-state index in [4.69, 9.17) is 0 Å². The van der Waals surface area contributed by atoms with Gasteiger partial charge in [0.2, 0.25) is 5.91 Å². The summed E-state index contributed by atoms with van der Waals surface area (Å²) in [6.07, 6.45) is 0. The van der Waals surface area contributed by atoms with Crippen LogP contribution in [-0.2, 0) is 14.8 Å². The first kappa shape index (κ1) is 22.4. The Labute approximate surface area is 170 Å². The zero-order valence-electron chi connectivity index (χ0n) is 16.5. The van der Waals surface area contributed by atoms with Gasteiger partial charge in [-0.25, -0.2) is 12.8 Å². The minimum Gasteiger partial charge on any atom is -0.355 e. The highest BCUT2D eigenvalue weighted by molar-refractivity contribution is 7.92. The monoisotopic (exact) mass is 421 g/mol. The average Bonchev–Trinajstić information content (AvgIpc) is 2.67. The molecule has 0 aliphatic rings. The van der Waals surface area contributed by atoms with E-state index < -0.39 is 21.7 Å². The fraction of sp³-hybridized carbons (Fsp3) is 0.300. The van der Waals surface area contributed by atoms with Crippen LogP contribution in [0.3, 0.4) is 0 Å². The largest absolute Gasteiger partial charge is 0.355 e. The predicted molar refractivity (Wildman–Crippen MR) is 109 cm³/mol. The summed E-state index contributed by atoms with van der Waals surface area (Å²) in [6, 6.07) is 9.56. The van der Waals surface area contributed by atoms with E-state index in [0.29, 0.717) is 18.7 Å². The molecule has 2 aromatic carbocycles. The van der Waals surface area contributed by atoms with Gasteiger partial charge in [0, 0.05) is 24.3 Å². The summed E-state index contributed by atoms with van der Waals surface area (Å²) in [7, 11) is -4.03. The molecule has 7 nitrogen and oxygen atoms in total. The maximum absolute atomic E-state index is 13.7. The number of amides is 2. The first-order valence-corrected chi connectivity index (χ1v) is 10.6. The normalized spacial score (nSPS) is 11.0. The molecule has 0 saturated heterocycles. The van der Waals surface area contributed by atoms with Gasteiger partial charge in [0.25, 0.3) is 15.9 Å². The van der Waals surface area contributed by atoms with E-state index in [1.54, 1.807) is 13.8 Å². The van der Waals surface area contributed by atoms with E-state index in [1.165, 1.54) is 48.2 Å². The number of anilines is 1. The zero-order chi connectivity index (χ0) is 21.6. The number of carbonyl (C=O) groups is 2. The second-order valence-electron chi connectivity index (χ2n) is 6.37. The Balaban J connectivity index is 2.22. The summed E-state index contributed by atoms with van der Waals surface area (Å²) < 4.78 is 41.1. The van der Waals surface area contributed by atoms with Gasteiger partial charge in [-0.3, -0.25) is 14.3 Å². The third-order valence-corrected chi connectivity index (χ3v) is 5.57. The Morgan fingerprint density at radius 2 is 1.83 bits per heavy atom. The number of sulfonamides is 1. The van der Waals surface area contributed by atoms with Crippen LogP contribution in [0.15, 0.2) is 47.4 Å². The highest BCUT2D eigenvalue weighted by Crippen LogP contribution is 2.20. The van der Waals surface area contributed by atoms with Crippen LogP contribution < -0.4 is 10.0 Å². The number of nitrogens with one attached hydrogen (secondary N) is 2. The molecule has 0 bridgehead atoms. The molecule has 2 amide bonds. The zero-order valence-corrected chi connectivity index (χ0v) is 17.3. The van der Waals surface area contributed by atoms with Gasteiger partial charge in [-0.05, 0) is 56.7 Å². The molecule has 0 heterocycles. The van der Waals surface area contributed by atoms with Gasteiger partial charge in [0.1, 0.15) is 5.82 Å². The highest BCUT2D eigenvalue weighted by Gasteiger charge is 2.19. The first-order chi connectivity index (χ1) is 13.7. The fourth-order valence-electron chi connectivity index (χ4n) is 2.61. The topological polar surface area (TPSA) is 95.6 Å². The lowest BCUT2D eigenvalue weighted by Crippen LogP contribution is -2.40. The van der Waals surface area contributed by atoms with Crippen LogP contribution in [0, 0.1) is 12.7 Å². The highest BCUT2D eigenvalue weighted by atomic mass is 32.2. The fourth-order valence-corrected chi connectivity index (χ4v) is 3.67. The minimum atomic E-state index is -4.03. The summed E-state index contributed by atoms with van der Waals surface area (Å²) in [5, 5.41) is 2.63. The lowest BCUT2D eigenvalue weighted by molar-refractivity contribution is -0.121. The molecular weight excluding hydrogens is 397 g/mol. The van der Waals surface area contributed by atoms with Crippen molar-refractivity contribution < 1.29 is 22.4 Å². The number of hydrogen-bond acceptors (Lipinski definition) is 4. The van der Waals surface area contributed by atoms with Crippen molar-refractivity contribution in [2.75, 3.05) is 24.4 Å². The molecule has 0 aliphatic heterocycles. The molecule has 2 N–H and O–H groups in total. The van der Waals surface area contributed by atoms with Crippen molar-refractivity contribution in [1.29, 1.82) is 0 Å². The van der Waals surface area contributed by atoms with Crippen LogP contribution in [0.25, 0.3) is 0 Å². The van der Waals surface area contributed by atoms with E-state index in [1.807, 2.05) is 0 Å². The number of likely N-dealkylation sites (N-methyl/N-ethyl adjacent to an activating group) is 2. The molecule has 0 spiro atoms. The molecule has 156 valence electrons. The van der Waals surface area contributed by atoms with Crippen LogP contribution in [0.4, 0.5) is 10.1 Å². The molecule has 0 radical (unpaired) electrons. The van der Waals surface area contributed by atoms with E-state index >= 15 is 0 Å². The predicted octanol–water partition coefficient (Wildman–Crippen LogP) is 2.53. The number of nitrogens with zero attached hydrogens (tertiary/aromatic N) is 1. The number of hydrogen-bond donors (Lipinski definition) is 2. The summed E-state index contributed by atoms with van der Waals surface area (Å²) in [5.74, 6) is -1.30. The molecule has 2 rings (SSSR count). The Kier molecular flexibility index (Phi) is 7.33. The van der Waals surface area contributed by atoms with E-state index in [9.17, 15) is 22.4 Å². The van der Waals surface area contributed by atoms with Gasteiger partial charge in [-0.15, -0.1) is 0 Å². The van der Waals surface area contributed by atoms with E-state index in [0.717, 1.165) is 6.07 Å². The van der Waals surface area contributed by atoms with Crippen LogP contribution in [0.1, 0.15) is 29.8 Å². The maximum atomic E-state index is 13.7. The van der Waals surface area contributed by atoms with Crippen molar-refractivity contribution in [3.63, 3.8) is 0 Å². The minimum absolute atomic E-state index is 0.0955. The summed E-state index contributed by atoms with van der Waals surface area (Å²) >= 11 is 0. The van der Waals surface area contributed by atoms with Crippen molar-refractivity contribution in [3.05, 3.63) is 59.4 Å². The van der Waals surface area contributed by atoms with Crippen LogP contribution in [0.5, 0.6) is 0 Å². The van der Waals surface area contributed by atoms with Crippen molar-refractivity contribution in [2.45, 2.75) is 25.7 Å². The SMILES string of the molecule is CCNC(=O)CN(CC)C(=O)c1cccc(NS(=O)(=O)c2ccc(C)c(F)c2)c1. The van der Waals surface area contributed by atoms with Crippen LogP contribution in [-0.4, -0.2) is 44.8 Å². The Morgan fingerprint density at radius 1 is 1.10 bits per heavy atom. The molecule has 9 heteroatoms. The smallest absolute Gasteiger partial charge is 0.261 e. The van der Waals surface area contributed by atoms with Gasteiger partial charge in [-0.2, -0.15) is 0 Å². The standard InChI is InChI=1S/C20H24FN3O4S/c1-4-22-19(25)13-24(5-2)20(26)15-7-6-8-16(11-15)23-29(27,28)17-10-9-14(3)18(21)12-17/h6-12,23H,4-5,13H2,1-3H3,(H,22,25). The molecule has 0 saturated carbocycles. The van der Waals surface area contributed by atoms with Gasteiger partial charge in [0.05, 0.1) is 11.4 Å². The van der Waals surface area contributed by atoms with Gasteiger partial charge in [0.15, 0.2) is 0 Å². The number of aryl methyl sites for hydroxylation is 1. The first-order valence-electron chi connectivity index (χ1n) is 9.13. The lowest BCUT2D eigenvalue weighted by atomic mass is 10.1. The maximum Gasteiger partial charge on any atom is 0.261 e. The van der Waals surface area contributed by atoms with Crippen LogP contribution >= 0.6 is 0 Å². The summed E-state index contributed by atoms with van der Waals surface area (Å²) in [5.41, 5.74) is 0.723.